The number of allylic oxidation sites excluding steroid dienone is 1. The summed E-state index contributed by atoms with van der Waals surface area (Å²) in [6, 6.07) is 17.4. The topological polar surface area (TPSA) is 72.3 Å². The summed E-state index contributed by atoms with van der Waals surface area (Å²) in [4.78, 5) is 21.3. The number of nitrogens with zero attached hydrogens (tertiary/aromatic N) is 2. The van der Waals surface area contributed by atoms with Crippen molar-refractivity contribution >= 4 is 12.0 Å². The molecule has 5 nitrogen and oxygen atoms in total. The normalized spacial score (nSPS) is 29.7. The highest BCUT2D eigenvalue weighted by molar-refractivity contribution is 5.83. The van der Waals surface area contributed by atoms with Crippen molar-refractivity contribution in [2.24, 2.45) is 17.8 Å². The molecule has 3 heterocycles. The van der Waals surface area contributed by atoms with Crippen LogP contribution < -0.4 is 0 Å². The number of aromatic nitrogens is 2. The second-order valence-electron chi connectivity index (χ2n) is 9.46. The molecule has 1 N–H and O–H groups in total. The molecule has 180 valence electrons. The van der Waals surface area contributed by atoms with Crippen LogP contribution in [0.1, 0.15) is 26.0 Å². The van der Waals surface area contributed by atoms with Gasteiger partial charge in [0.15, 0.2) is 5.60 Å². The molecule has 5 rings (SSSR count). The molecule has 0 spiro atoms. The number of alkyl halides is 2. The van der Waals surface area contributed by atoms with Gasteiger partial charge >= 0.3 is 5.97 Å². The Balaban J connectivity index is 1.43. The molecule has 1 aliphatic heterocycles. The van der Waals surface area contributed by atoms with Crippen LogP contribution in [-0.4, -0.2) is 38.7 Å². The Morgan fingerprint density at radius 2 is 1.80 bits per heavy atom. The summed E-state index contributed by atoms with van der Waals surface area (Å²) in [5, 5.41) is 10.8. The molecule has 2 aliphatic rings. The van der Waals surface area contributed by atoms with Crippen molar-refractivity contribution in [3.63, 3.8) is 0 Å². The van der Waals surface area contributed by atoms with Crippen LogP contribution >= 0.6 is 0 Å². The fourth-order valence-electron chi connectivity index (χ4n) is 5.43. The summed E-state index contributed by atoms with van der Waals surface area (Å²) < 4.78 is 34.7. The smallest absolute Gasteiger partial charge is 0.339 e. The lowest BCUT2D eigenvalue weighted by molar-refractivity contribution is -0.193. The highest BCUT2D eigenvalue weighted by Crippen LogP contribution is 2.54. The summed E-state index contributed by atoms with van der Waals surface area (Å²) in [6.07, 6.45) is 5.20. The van der Waals surface area contributed by atoms with E-state index in [0.29, 0.717) is 5.69 Å². The third kappa shape index (κ3) is 4.04. The van der Waals surface area contributed by atoms with Crippen molar-refractivity contribution in [1.29, 1.82) is 0 Å². The van der Waals surface area contributed by atoms with Gasteiger partial charge in [0.2, 0.25) is 0 Å². The number of aliphatic hydroxyl groups is 1. The van der Waals surface area contributed by atoms with Crippen molar-refractivity contribution in [1.82, 2.24) is 9.97 Å². The fraction of sp³-hybridized carbons (Fsp3) is 0.321. The number of halogens is 2. The van der Waals surface area contributed by atoms with Crippen LogP contribution in [0.2, 0.25) is 0 Å². The average molecular weight is 477 g/mol. The van der Waals surface area contributed by atoms with Gasteiger partial charge in [0.1, 0.15) is 6.10 Å². The van der Waals surface area contributed by atoms with Crippen molar-refractivity contribution in [2.75, 3.05) is 0 Å². The first-order valence-corrected chi connectivity index (χ1v) is 11.7. The van der Waals surface area contributed by atoms with Crippen LogP contribution in [0.5, 0.6) is 0 Å². The molecule has 7 heteroatoms. The zero-order valence-corrected chi connectivity index (χ0v) is 19.4. The van der Waals surface area contributed by atoms with Crippen molar-refractivity contribution in [3.05, 3.63) is 78.8 Å². The number of rotatable bonds is 4. The largest absolute Gasteiger partial charge is 0.460 e. The summed E-state index contributed by atoms with van der Waals surface area (Å²) >= 11 is 0. The Bertz CT molecular complexity index is 1260. The van der Waals surface area contributed by atoms with E-state index in [1.165, 1.54) is 6.92 Å². The Hall–Kier alpha value is -3.45. The van der Waals surface area contributed by atoms with E-state index in [1.54, 1.807) is 31.5 Å². The van der Waals surface area contributed by atoms with Gasteiger partial charge in [0.05, 0.1) is 17.8 Å². The number of ether oxygens (including phenoxy) is 1. The monoisotopic (exact) mass is 476 g/mol. The minimum Gasteiger partial charge on any atom is -0.460 e. The Labute approximate surface area is 202 Å². The molecule has 0 unspecified atom stereocenters. The van der Waals surface area contributed by atoms with Gasteiger partial charge in [-0.1, -0.05) is 55.5 Å². The van der Waals surface area contributed by atoms with Gasteiger partial charge in [-0.3, -0.25) is 9.97 Å². The molecule has 3 aromatic rings. The van der Waals surface area contributed by atoms with E-state index in [0.717, 1.165) is 22.4 Å². The molecule has 35 heavy (non-hydrogen) atoms. The first kappa shape index (κ1) is 23.3. The summed E-state index contributed by atoms with van der Waals surface area (Å²) in [5.74, 6) is -6.73. The van der Waals surface area contributed by atoms with E-state index < -0.39 is 47.8 Å². The lowest BCUT2D eigenvalue weighted by Gasteiger charge is -2.45. The third-order valence-electron chi connectivity index (χ3n) is 7.31. The molecule has 1 saturated heterocycles. The van der Waals surface area contributed by atoms with Gasteiger partial charge in [-0.25, -0.2) is 13.6 Å². The molecule has 1 aromatic carbocycles. The van der Waals surface area contributed by atoms with Crippen LogP contribution in [0, 0.1) is 17.8 Å². The highest BCUT2D eigenvalue weighted by atomic mass is 19.3. The fourth-order valence-corrected chi connectivity index (χ4v) is 5.43. The molecule has 2 fully saturated rings. The SMILES string of the molecule is C[C@H]1OC(=O)[C@]2(O)CC(F)(F)[C@@H](C)[C@H](C=Cc3ccc(-c4cccnc4-c4ccccc4)cn3)[C@H]12. The number of carbonyl (C=O) groups is 1. The number of cyclic esters (lactones) is 1. The molecule has 0 amide bonds. The van der Waals surface area contributed by atoms with Crippen molar-refractivity contribution in [3.8, 4) is 22.4 Å². The van der Waals surface area contributed by atoms with E-state index in [2.05, 4.69) is 9.97 Å². The summed E-state index contributed by atoms with van der Waals surface area (Å²) in [7, 11) is 0. The molecular formula is C28H26F2N2O3. The third-order valence-corrected chi connectivity index (χ3v) is 7.31. The molecule has 0 bridgehead atoms. The van der Waals surface area contributed by atoms with Crippen LogP contribution in [-0.2, 0) is 9.53 Å². The molecule has 1 saturated carbocycles. The number of hydrogen-bond acceptors (Lipinski definition) is 5. The van der Waals surface area contributed by atoms with Crippen molar-refractivity contribution < 1.29 is 23.4 Å². The van der Waals surface area contributed by atoms with E-state index in [1.807, 2.05) is 54.6 Å². The predicted octanol–water partition coefficient (Wildman–Crippen LogP) is 5.41. The molecule has 1 aliphatic carbocycles. The number of benzene rings is 1. The number of fused-ring (bicyclic) bond motifs is 1. The number of esters is 1. The van der Waals surface area contributed by atoms with E-state index >= 15 is 0 Å². The maximum Gasteiger partial charge on any atom is 0.339 e. The average Bonchev–Trinajstić information content (AvgIpc) is 3.07. The summed E-state index contributed by atoms with van der Waals surface area (Å²) in [5.41, 5.74) is 2.05. The molecule has 0 radical (unpaired) electrons. The van der Waals surface area contributed by atoms with E-state index in [-0.39, 0.29) is 0 Å². The van der Waals surface area contributed by atoms with E-state index in [4.69, 9.17) is 4.74 Å². The zero-order chi connectivity index (χ0) is 24.8. The highest BCUT2D eigenvalue weighted by Gasteiger charge is 2.67. The Morgan fingerprint density at radius 3 is 2.51 bits per heavy atom. The van der Waals surface area contributed by atoms with Gasteiger partial charge in [0, 0.05) is 40.9 Å². The standard InChI is InChI=1S/C28H26F2N2O3/c1-17-22(24-18(2)35-26(33)27(24,34)16-28(17,29)30)13-12-21-11-10-20(15-32-21)23-9-6-14-31-25(23)19-7-4-3-5-8-19/h3-15,17-18,22,24,34H,16H2,1-2H3/t17-,18+,22-,24-,27-/m0/s1. The first-order chi connectivity index (χ1) is 16.7. The lowest BCUT2D eigenvalue weighted by Crippen LogP contribution is -2.57. The second kappa shape index (κ2) is 8.64. The maximum absolute atomic E-state index is 14.8. The maximum atomic E-state index is 14.8. The zero-order valence-electron chi connectivity index (χ0n) is 19.4. The minimum absolute atomic E-state index is 0.585. The first-order valence-electron chi connectivity index (χ1n) is 11.7. The number of hydrogen-bond donors (Lipinski definition) is 1. The van der Waals surface area contributed by atoms with E-state index in [9.17, 15) is 18.7 Å². The van der Waals surface area contributed by atoms with Gasteiger partial charge in [-0.05, 0) is 31.1 Å². The van der Waals surface area contributed by atoms with Gasteiger partial charge in [-0.15, -0.1) is 0 Å². The van der Waals surface area contributed by atoms with Gasteiger partial charge in [0.25, 0.3) is 5.92 Å². The predicted molar refractivity (Wildman–Crippen MR) is 128 cm³/mol. The molecular weight excluding hydrogens is 450 g/mol. The molecule has 2 aromatic heterocycles. The van der Waals surface area contributed by atoms with Gasteiger partial charge < -0.3 is 9.84 Å². The quantitative estimate of drug-likeness (QED) is 0.510. The van der Waals surface area contributed by atoms with Crippen LogP contribution in [0.4, 0.5) is 8.78 Å². The minimum atomic E-state index is -3.20. The summed E-state index contributed by atoms with van der Waals surface area (Å²) in [6.45, 7) is 3.09. The van der Waals surface area contributed by atoms with Crippen molar-refractivity contribution in [2.45, 2.75) is 37.9 Å². The van der Waals surface area contributed by atoms with Crippen LogP contribution in [0.15, 0.2) is 73.1 Å². The second-order valence-corrected chi connectivity index (χ2v) is 9.46. The molecule has 5 atom stereocenters. The van der Waals surface area contributed by atoms with Crippen LogP contribution in [0.25, 0.3) is 28.5 Å². The Morgan fingerprint density at radius 1 is 1.03 bits per heavy atom. The number of carbonyl (C=O) groups excluding carboxylic acids is 1. The number of pyridine rings is 2. The Kier molecular flexibility index (Phi) is 5.75. The lowest BCUT2D eigenvalue weighted by atomic mass is 9.62. The van der Waals surface area contributed by atoms with Gasteiger partial charge in [-0.2, -0.15) is 0 Å². The van der Waals surface area contributed by atoms with Crippen LogP contribution in [0.3, 0.4) is 0 Å².